The van der Waals surface area contributed by atoms with Crippen LogP contribution in [0.25, 0.3) is 0 Å². The number of carbonyl (C=O) groups is 6. The first-order valence-corrected chi connectivity index (χ1v) is 22.8. The van der Waals surface area contributed by atoms with Gasteiger partial charge < -0.3 is 46.3 Å². The van der Waals surface area contributed by atoms with Crippen LogP contribution in [0, 0.1) is 0 Å². The normalized spacial score (nSPS) is 12.7. The zero-order chi connectivity index (χ0) is 54.0. The molecule has 76 heavy (non-hydrogen) atoms. The monoisotopic (exact) mass is 1110 g/mol. The molecule has 2 aliphatic carbocycles. The van der Waals surface area contributed by atoms with Gasteiger partial charge in [-0.25, -0.2) is 0 Å². The van der Waals surface area contributed by atoms with E-state index in [1.807, 2.05) is 121 Å². The average molecular weight is 1110 g/mol. The standard InChI is InChI=1S/C27H16O5.C14H8O5.C13H10Cl2.C3H6O.CH2O3.2K.H/c28-20-15-21-26(23-22(20)24(29)18-13-7-8-14-19(18)25(23)30)32-27(31-21,16-9-3-1-4-10-16)17-11-5-2-6-12-17;15-8-5-9(16)14(19)11-10(8)12(17)6-3-1-2-4-7(6)13(11)18;14-13(15,11-7-3-1-4-8-11)12-9-5-2-6-10-12;1-3(2)4;2-1-4-3;;;/h1-15,28H;1-5,15-16,19H;1-10H;1-2H3;1,3H;;;/q;;;;;2*+1;-1/p-1/i;;;1D;;;;. The molecule has 0 unspecified atom stereocenters. The quantitative estimate of drug-likeness (QED) is 0.0364. The topological polar surface area (TPSA) is 234 Å². The fourth-order valence-corrected chi connectivity index (χ4v) is 8.65. The number of halogens is 2. The molecule has 8 aromatic carbocycles. The van der Waals surface area contributed by atoms with E-state index in [2.05, 4.69) is 4.89 Å². The van der Waals surface area contributed by atoms with E-state index >= 15 is 0 Å². The SMILES string of the molecule is ClC(Cl)(c1ccccc1)c1ccccc1.O=C1c2ccccc2C(=O)c2c(O)c(O)cc(O)c21.O=C1c2ccccc2C(=O)c2c3c(cc(O)c21)OC(c1ccccc1)(c1ccccc1)O3.O=CO[O-].[2H]CC(C)=O.[H-].[K+].[K+]. The minimum absolute atomic E-state index is 0. The molecule has 11 rings (SSSR count). The van der Waals surface area contributed by atoms with Gasteiger partial charge in [-0.3, -0.25) is 24.0 Å². The molecule has 18 heteroatoms. The Morgan fingerprint density at radius 3 is 1.28 bits per heavy atom. The van der Waals surface area contributed by atoms with Crippen LogP contribution in [0.5, 0.6) is 34.5 Å². The molecule has 374 valence electrons. The van der Waals surface area contributed by atoms with Gasteiger partial charge in [-0.2, -0.15) is 0 Å². The summed E-state index contributed by atoms with van der Waals surface area (Å²) in [7, 11) is 0. The molecule has 0 saturated heterocycles. The van der Waals surface area contributed by atoms with Gasteiger partial charge in [0, 0.05) is 46.9 Å². The van der Waals surface area contributed by atoms with Gasteiger partial charge in [-0.15, -0.1) is 0 Å². The van der Waals surface area contributed by atoms with Gasteiger partial charge in [0.2, 0.25) is 0 Å². The van der Waals surface area contributed by atoms with Crippen molar-refractivity contribution in [3.8, 4) is 34.5 Å². The van der Waals surface area contributed by atoms with Gasteiger partial charge in [0.15, 0.2) is 50.5 Å². The number of benzene rings is 8. The van der Waals surface area contributed by atoms with Crippen LogP contribution in [-0.2, 0) is 24.6 Å². The zero-order valence-corrected chi connectivity index (χ0v) is 48.5. The summed E-state index contributed by atoms with van der Waals surface area (Å²) in [6, 6.07) is 52.9. The number of aromatic hydroxyl groups is 4. The van der Waals surface area contributed by atoms with Crippen LogP contribution < -0.4 is 118 Å². The van der Waals surface area contributed by atoms with E-state index in [-0.39, 0.29) is 191 Å². The van der Waals surface area contributed by atoms with Crippen molar-refractivity contribution >= 4 is 58.6 Å². The number of phenols is 4. The second-order valence-corrected chi connectivity index (χ2v) is 17.5. The molecule has 3 aliphatic rings. The van der Waals surface area contributed by atoms with E-state index in [9.17, 15) is 44.4 Å². The van der Waals surface area contributed by atoms with Crippen LogP contribution in [0.1, 0.15) is 103 Å². The molecule has 1 heterocycles. The third kappa shape index (κ3) is 12.8. The van der Waals surface area contributed by atoms with Gasteiger partial charge in [0.05, 0.1) is 22.3 Å². The Balaban J connectivity index is 0.000000245. The van der Waals surface area contributed by atoms with E-state index < -0.39 is 44.7 Å². The predicted octanol–water partition coefficient (Wildman–Crippen LogP) is 3.93. The summed E-state index contributed by atoms with van der Waals surface area (Å²) < 4.78 is 18.1. The van der Waals surface area contributed by atoms with Crippen molar-refractivity contribution < 1.29 is 174 Å². The molecule has 0 aromatic heterocycles. The Morgan fingerprint density at radius 2 is 0.895 bits per heavy atom. The van der Waals surface area contributed by atoms with Crippen molar-refractivity contribution in [3.63, 3.8) is 0 Å². The Morgan fingerprint density at radius 1 is 0.566 bits per heavy atom. The number of rotatable bonds is 5. The molecular formula is C58H42Cl2K2O14. The van der Waals surface area contributed by atoms with Crippen molar-refractivity contribution in [1.29, 1.82) is 0 Å². The molecule has 4 N–H and O–H groups in total. The Hall–Kier alpha value is -5.81. The molecule has 0 saturated carbocycles. The van der Waals surface area contributed by atoms with Crippen LogP contribution in [-0.4, -0.2) is 55.8 Å². The Bertz CT molecular complexity index is 3380. The largest absolute Gasteiger partial charge is 1.00 e. The van der Waals surface area contributed by atoms with Gasteiger partial charge in [-0.1, -0.05) is 193 Å². The number of phenolic OH excluding ortho intramolecular Hbond substituents is 4. The fourth-order valence-electron chi connectivity index (χ4n) is 8.14. The number of Topliss-reactive ketones (excluding diaryl/α,β-unsaturated/α-hetero) is 1. The van der Waals surface area contributed by atoms with Crippen molar-refractivity contribution in [1.82, 2.24) is 0 Å². The summed E-state index contributed by atoms with van der Waals surface area (Å²) in [5.74, 6) is -5.24. The number of ketones is 5. The number of hydrogen-bond acceptors (Lipinski definition) is 14. The maximum Gasteiger partial charge on any atom is 1.00 e. The van der Waals surface area contributed by atoms with Gasteiger partial charge in [0.25, 0.3) is 6.47 Å². The van der Waals surface area contributed by atoms with Crippen LogP contribution in [0.3, 0.4) is 0 Å². The molecule has 0 spiro atoms. The molecule has 0 fully saturated rings. The first kappa shape index (κ1) is 59.4. The number of alkyl halides is 2. The molecule has 14 nitrogen and oxygen atoms in total. The summed E-state index contributed by atoms with van der Waals surface area (Å²) in [5.41, 5.74) is 3.37. The molecule has 0 radical (unpaired) electrons. The van der Waals surface area contributed by atoms with Crippen LogP contribution in [0.2, 0.25) is 0 Å². The Labute approximate surface area is 533 Å². The average Bonchev–Trinajstić information content (AvgIpc) is 3.94. The van der Waals surface area contributed by atoms with E-state index in [1.54, 1.807) is 36.4 Å². The van der Waals surface area contributed by atoms with Crippen LogP contribution in [0.15, 0.2) is 182 Å². The minimum Gasteiger partial charge on any atom is -1.00 e. The van der Waals surface area contributed by atoms with E-state index in [0.29, 0.717) is 11.1 Å². The molecule has 0 atom stereocenters. The van der Waals surface area contributed by atoms with Crippen molar-refractivity contribution in [2.24, 2.45) is 0 Å². The smallest absolute Gasteiger partial charge is 1.00 e. The van der Waals surface area contributed by atoms with E-state index in [1.165, 1.54) is 25.1 Å². The Kier molecular flexibility index (Phi) is 21.1. The second-order valence-electron chi connectivity index (χ2n) is 16.1. The molecular weight excluding hydrogens is 1070 g/mol. The predicted molar refractivity (Wildman–Crippen MR) is 271 cm³/mol. The molecule has 8 aromatic rings. The summed E-state index contributed by atoms with van der Waals surface area (Å²) in [6.45, 7) is 1.13. The molecule has 1 aliphatic heterocycles. The van der Waals surface area contributed by atoms with Gasteiger partial charge in [0.1, 0.15) is 17.3 Å². The van der Waals surface area contributed by atoms with E-state index in [0.717, 1.165) is 17.2 Å². The second kappa shape index (κ2) is 27.0. The first-order chi connectivity index (χ1) is 36.0. The van der Waals surface area contributed by atoms with Crippen LogP contribution >= 0.6 is 23.2 Å². The number of carbonyl (C=O) groups excluding carboxylic acids is 6. The third-order valence-electron chi connectivity index (χ3n) is 11.3. The van der Waals surface area contributed by atoms with E-state index in [4.69, 9.17) is 44.1 Å². The minimum atomic E-state index is -1.37. The number of fused-ring (bicyclic) bond motifs is 6. The van der Waals surface area contributed by atoms with Gasteiger partial charge >= 0.3 is 109 Å². The number of ether oxygens (including phenoxy) is 2. The van der Waals surface area contributed by atoms with Crippen molar-refractivity contribution in [2.75, 3.05) is 0 Å². The summed E-state index contributed by atoms with van der Waals surface area (Å²) in [5, 5.41) is 48.1. The van der Waals surface area contributed by atoms with Crippen LogP contribution in [0.4, 0.5) is 0 Å². The maximum atomic E-state index is 13.5. The summed E-state index contributed by atoms with van der Waals surface area (Å²) >= 11 is 12.7. The van der Waals surface area contributed by atoms with Crippen molar-refractivity contribution in [2.45, 2.75) is 23.9 Å². The third-order valence-corrected chi connectivity index (χ3v) is 12.2. The summed E-state index contributed by atoms with van der Waals surface area (Å²) in [6.07, 6.45) is 0. The molecule has 0 bridgehead atoms. The number of hydrogen-bond donors (Lipinski definition) is 4. The molecule has 0 amide bonds. The summed E-state index contributed by atoms with van der Waals surface area (Å²) in [4.78, 5) is 72.0. The maximum absolute atomic E-state index is 13.5. The fraction of sp³-hybridized carbons (Fsp3) is 0.0690. The van der Waals surface area contributed by atoms with Crippen molar-refractivity contribution in [3.05, 3.63) is 249 Å². The van der Waals surface area contributed by atoms with Gasteiger partial charge in [-0.05, 0) is 25.0 Å². The zero-order valence-electron chi connectivity index (χ0n) is 42.7. The first-order valence-electron chi connectivity index (χ1n) is 22.8.